The number of nitrogens with zero attached hydrogens (tertiary/aromatic N) is 5. The number of anilines is 2. The molecule has 0 atom stereocenters. The lowest BCUT2D eigenvalue weighted by atomic mass is 9.82. The van der Waals surface area contributed by atoms with Crippen molar-refractivity contribution < 1.29 is 23.8 Å². The molecule has 0 fully saturated rings. The van der Waals surface area contributed by atoms with Crippen LogP contribution < -0.4 is 20.7 Å². The summed E-state index contributed by atoms with van der Waals surface area (Å²) < 4.78 is 16.0. The number of nitrogens with one attached hydrogen (secondary N) is 2. The van der Waals surface area contributed by atoms with E-state index in [9.17, 15) is 14.9 Å². The second-order valence-corrected chi connectivity index (χ2v) is 13.0. The Morgan fingerprint density at radius 3 is 2.65 bits per heavy atom. The Morgan fingerprint density at radius 2 is 1.90 bits per heavy atom. The van der Waals surface area contributed by atoms with Crippen molar-refractivity contribution in [3.63, 3.8) is 0 Å². The molecule has 3 heterocycles. The minimum Gasteiger partial charge on any atom is -0.471 e. The number of nitrogen functional groups attached to an aromatic ring is 1. The van der Waals surface area contributed by atoms with Crippen molar-refractivity contribution in [1.29, 1.82) is 5.26 Å². The smallest absolute Gasteiger partial charge is 0.407 e. The van der Waals surface area contributed by atoms with E-state index in [1.807, 2.05) is 54.4 Å². The number of aromatic nitrogens is 4. The lowest BCUT2D eigenvalue weighted by Crippen LogP contribution is -2.29. The Balaban J connectivity index is 0.983. The molecule has 2 aromatic carbocycles. The molecule has 14 heteroatoms. The van der Waals surface area contributed by atoms with Gasteiger partial charge in [-0.25, -0.2) is 14.6 Å². The zero-order chi connectivity index (χ0) is 34.7. The number of esters is 1. The number of H-pyrrole nitrogens is 1. The quantitative estimate of drug-likeness (QED) is 0.0934. The standard InChI is InChI=1S/C35H34N8O5S/c1-35(2)26-14-23(9-10-25(26)29-27(35)15-24(49-29)13-22(16-36)32(44)46-4)43(3)11-12-47-34(45)38-17-20-5-7-21(8-6-20)18-48-31-28-30(40-19-39-28)41-33(37)42-31/h5-10,13-15,19H,11-12,17-18H2,1-4H3,(H,38,45)(H3,37,39,40,41,42)/b22-13+. The van der Waals surface area contributed by atoms with Crippen LogP contribution in [0.25, 0.3) is 27.7 Å². The second kappa shape index (κ2) is 13.7. The number of likely N-dealkylation sites (N-methyl/N-ethyl adjacent to an activating group) is 1. The van der Waals surface area contributed by atoms with E-state index in [2.05, 4.69) is 51.2 Å². The summed E-state index contributed by atoms with van der Waals surface area (Å²) in [6, 6.07) is 17.9. The molecule has 0 saturated carbocycles. The molecule has 0 bridgehead atoms. The van der Waals surface area contributed by atoms with Crippen molar-refractivity contribution in [2.75, 3.05) is 37.9 Å². The van der Waals surface area contributed by atoms with Crippen molar-refractivity contribution in [3.8, 4) is 22.4 Å². The van der Waals surface area contributed by atoms with E-state index in [4.69, 9.17) is 19.9 Å². The fourth-order valence-corrected chi connectivity index (χ4v) is 6.93. The molecule has 0 spiro atoms. The number of methoxy groups -OCH3 is 1. The predicted octanol–water partition coefficient (Wildman–Crippen LogP) is 5.32. The largest absolute Gasteiger partial charge is 0.471 e. The van der Waals surface area contributed by atoms with E-state index in [0.29, 0.717) is 30.1 Å². The first-order valence-electron chi connectivity index (χ1n) is 15.4. The van der Waals surface area contributed by atoms with Gasteiger partial charge in [-0.15, -0.1) is 11.3 Å². The van der Waals surface area contributed by atoms with Crippen LogP contribution in [-0.4, -0.2) is 59.3 Å². The zero-order valence-electron chi connectivity index (χ0n) is 27.4. The third-order valence-electron chi connectivity index (χ3n) is 8.36. The molecule has 6 rings (SSSR count). The van der Waals surface area contributed by atoms with Gasteiger partial charge in [-0.2, -0.15) is 15.2 Å². The highest BCUT2D eigenvalue weighted by molar-refractivity contribution is 7.16. The van der Waals surface area contributed by atoms with Crippen molar-refractivity contribution in [3.05, 3.63) is 87.6 Å². The van der Waals surface area contributed by atoms with Gasteiger partial charge >= 0.3 is 12.1 Å². The number of amides is 1. The number of hydrogen-bond donors (Lipinski definition) is 3. The molecule has 4 N–H and O–H groups in total. The molecule has 250 valence electrons. The summed E-state index contributed by atoms with van der Waals surface area (Å²) in [4.78, 5) is 43.5. The second-order valence-electron chi connectivity index (χ2n) is 11.9. The Kier molecular flexibility index (Phi) is 9.19. The maximum atomic E-state index is 12.4. The number of ether oxygens (including phenoxy) is 3. The average Bonchev–Trinajstić information content (AvgIpc) is 3.80. The topological polar surface area (TPSA) is 181 Å². The monoisotopic (exact) mass is 678 g/mol. The molecule has 5 aromatic rings. The van der Waals surface area contributed by atoms with Crippen LogP contribution in [0, 0.1) is 11.3 Å². The number of nitriles is 1. The molecule has 0 radical (unpaired) electrons. The van der Waals surface area contributed by atoms with Gasteiger partial charge in [0, 0.05) is 34.4 Å². The van der Waals surface area contributed by atoms with Gasteiger partial charge in [-0.3, -0.25) is 0 Å². The summed E-state index contributed by atoms with van der Waals surface area (Å²) >= 11 is 1.55. The molecule has 49 heavy (non-hydrogen) atoms. The maximum absolute atomic E-state index is 12.4. The van der Waals surface area contributed by atoms with Gasteiger partial charge in [0.2, 0.25) is 11.8 Å². The summed E-state index contributed by atoms with van der Waals surface area (Å²) in [5.41, 5.74) is 12.7. The van der Waals surface area contributed by atoms with Gasteiger partial charge in [-0.05, 0) is 52.1 Å². The Morgan fingerprint density at radius 1 is 1.12 bits per heavy atom. The Labute approximate surface area is 286 Å². The molecule has 0 unspecified atom stereocenters. The van der Waals surface area contributed by atoms with E-state index in [1.54, 1.807) is 17.4 Å². The zero-order valence-corrected chi connectivity index (χ0v) is 28.2. The van der Waals surface area contributed by atoms with E-state index >= 15 is 0 Å². The Hall–Kier alpha value is -5.94. The number of carbonyl (C=O) groups is 2. The van der Waals surface area contributed by atoms with Gasteiger partial charge in [0.1, 0.15) is 30.4 Å². The molecular weight excluding hydrogens is 645 g/mol. The minimum absolute atomic E-state index is 0.0341. The average molecular weight is 679 g/mol. The van der Waals surface area contributed by atoms with Crippen molar-refractivity contribution >= 4 is 52.3 Å². The van der Waals surface area contributed by atoms with Crippen molar-refractivity contribution in [2.45, 2.75) is 32.4 Å². The molecule has 0 aliphatic heterocycles. The van der Waals surface area contributed by atoms with E-state index in [0.717, 1.165) is 37.7 Å². The summed E-state index contributed by atoms with van der Waals surface area (Å²) in [6.45, 7) is 5.63. The van der Waals surface area contributed by atoms with E-state index in [1.165, 1.54) is 19.0 Å². The number of rotatable bonds is 11. The van der Waals surface area contributed by atoms with Gasteiger partial charge in [0.05, 0.1) is 20.0 Å². The highest BCUT2D eigenvalue weighted by Crippen LogP contribution is 2.53. The molecule has 1 amide bonds. The fourth-order valence-electron chi connectivity index (χ4n) is 5.63. The first-order chi connectivity index (χ1) is 23.6. The van der Waals surface area contributed by atoms with Crippen LogP contribution in [0.1, 0.15) is 41.0 Å². The number of thiophene rings is 1. The third-order valence-corrected chi connectivity index (χ3v) is 9.48. The first kappa shape index (κ1) is 33.0. The molecular formula is C35H34N8O5S. The van der Waals surface area contributed by atoms with Crippen LogP contribution in [0.5, 0.6) is 5.88 Å². The highest BCUT2D eigenvalue weighted by atomic mass is 32.1. The SMILES string of the molecule is COC(=O)/C(C#N)=C/c1cc2c(s1)-c1ccc(N(C)CCOC(=O)NCc3ccc(COc4nc(N)nc5nc[nH]c45)cc3)cc1C2(C)C. The summed E-state index contributed by atoms with van der Waals surface area (Å²) in [5.74, 6) is -0.239. The number of fused-ring (bicyclic) bond motifs is 4. The van der Waals surface area contributed by atoms with Crippen LogP contribution in [0.3, 0.4) is 0 Å². The van der Waals surface area contributed by atoms with Gasteiger partial charge < -0.3 is 35.1 Å². The predicted molar refractivity (Wildman–Crippen MR) is 186 cm³/mol. The van der Waals surface area contributed by atoms with Crippen LogP contribution in [0.2, 0.25) is 0 Å². The van der Waals surface area contributed by atoms with Crippen LogP contribution >= 0.6 is 11.3 Å². The number of imidazole rings is 1. The number of hydrogen-bond acceptors (Lipinski definition) is 12. The summed E-state index contributed by atoms with van der Waals surface area (Å²) in [5, 5.41) is 12.2. The van der Waals surface area contributed by atoms with Gasteiger partial charge in [0.25, 0.3) is 0 Å². The van der Waals surface area contributed by atoms with Crippen LogP contribution in [0.15, 0.2) is 60.4 Å². The van der Waals surface area contributed by atoms with Gasteiger partial charge in [0.15, 0.2) is 5.65 Å². The molecule has 0 saturated heterocycles. The number of benzene rings is 2. The normalized spacial score (nSPS) is 12.9. The third kappa shape index (κ3) is 6.88. The van der Waals surface area contributed by atoms with Gasteiger partial charge in [-0.1, -0.05) is 44.2 Å². The van der Waals surface area contributed by atoms with Crippen molar-refractivity contribution in [1.82, 2.24) is 25.3 Å². The number of nitrogens with two attached hydrogens (primary N) is 1. The molecule has 13 nitrogen and oxygen atoms in total. The molecule has 1 aliphatic rings. The summed E-state index contributed by atoms with van der Waals surface area (Å²) in [7, 11) is 3.22. The van der Waals surface area contributed by atoms with Crippen LogP contribution in [0.4, 0.5) is 16.4 Å². The summed E-state index contributed by atoms with van der Waals surface area (Å²) in [6.07, 6.45) is 2.59. The Bertz CT molecular complexity index is 2110. The number of alkyl carbamates (subject to hydrolysis) is 1. The van der Waals surface area contributed by atoms with Crippen molar-refractivity contribution in [2.24, 2.45) is 0 Å². The van der Waals surface area contributed by atoms with E-state index < -0.39 is 12.1 Å². The van der Waals surface area contributed by atoms with E-state index in [-0.39, 0.29) is 30.2 Å². The number of carbonyl (C=O) groups excluding carboxylic acids is 2. The number of aromatic amines is 1. The maximum Gasteiger partial charge on any atom is 0.407 e. The highest BCUT2D eigenvalue weighted by Gasteiger charge is 2.37. The lowest BCUT2D eigenvalue weighted by molar-refractivity contribution is -0.135. The van der Waals surface area contributed by atoms with Crippen LogP contribution in [-0.2, 0) is 32.8 Å². The fraction of sp³-hybridized carbons (Fsp3) is 0.257. The molecule has 3 aromatic heterocycles. The first-order valence-corrected chi connectivity index (χ1v) is 16.2. The lowest BCUT2D eigenvalue weighted by Gasteiger charge is -2.24. The molecule has 1 aliphatic carbocycles. The minimum atomic E-state index is -0.651.